The molecule has 1 saturated heterocycles. The van der Waals surface area contributed by atoms with Crippen LogP contribution in [0.4, 0.5) is 0 Å². The summed E-state index contributed by atoms with van der Waals surface area (Å²) in [5.74, 6) is 0. The third-order valence-corrected chi connectivity index (χ3v) is 4.77. The van der Waals surface area contributed by atoms with Gasteiger partial charge in [-0.2, -0.15) is 0 Å². The fraction of sp³-hybridized carbons (Fsp3) is 0.368. The van der Waals surface area contributed by atoms with Gasteiger partial charge in [-0.1, -0.05) is 24.3 Å². The number of aromatic nitrogens is 1. The van der Waals surface area contributed by atoms with Crippen LogP contribution in [0.5, 0.6) is 0 Å². The number of halogens is 1. The zero-order valence-corrected chi connectivity index (χ0v) is 14.4. The van der Waals surface area contributed by atoms with Gasteiger partial charge in [0, 0.05) is 61.1 Å². The van der Waals surface area contributed by atoms with Crippen molar-refractivity contribution in [3.8, 4) is 0 Å². The molecule has 0 unspecified atom stereocenters. The first-order valence-electron chi connectivity index (χ1n) is 8.30. The van der Waals surface area contributed by atoms with E-state index in [1.54, 1.807) is 0 Å². The summed E-state index contributed by atoms with van der Waals surface area (Å²) in [5.41, 5.74) is 4.13. The number of rotatable bonds is 3. The Morgan fingerprint density at radius 2 is 1.70 bits per heavy atom. The van der Waals surface area contributed by atoms with Crippen LogP contribution in [0.3, 0.4) is 0 Å². The van der Waals surface area contributed by atoms with Crippen LogP contribution in [0.25, 0.3) is 21.8 Å². The van der Waals surface area contributed by atoms with Crippen molar-refractivity contribution in [2.75, 3.05) is 26.2 Å². The number of aryl methyl sites for hydroxylation is 1. The molecule has 0 atom stereocenters. The number of nitrogens with zero attached hydrogens (tertiary/aromatic N) is 2. The maximum Gasteiger partial charge on any atom is 0.0491 e. The Labute approximate surface area is 143 Å². The lowest BCUT2D eigenvalue weighted by Crippen LogP contribution is -2.42. The number of hydrogen-bond donors (Lipinski definition) is 1. The maximum absolute atomic E-state index is 3.42. The Hall–Kier alpha value is -1.55. The first-order valence-corrected chi connectivity index (χ1v) is 8.30. The first-order chi connectivity index (χ1) is 10.9. The Bertz CT molecular complexity index is 803. The molecular weight excluding hydrogens is 306 g/mol. The van der Waals surface area contributed by atoms with E-state index in [0.29, 0.717) is 0 Å². The van der Waals surface area contributed by atoms with Crippen molar-refractivity contribution in [1.29, 1.82) is 0 Å². The Balaban J connectivity index is 0.00000156. The second-order valence-electron chi connectivity index (χ2n) is 6.14. The SMILES string of the molecule is CCn1c2ccccc2c2cc(CN3CCNCC3)ccc21.Cl. The number of fused-ring (bicyclic) bond motifs is 3. The van der Waals surface area contributed by atoms with Crippen molar-refractivity contribution >= 4 is 34.2 Å². The molecule has 0 saturated carbocycles. The normalized spacial score (nSPS) is 15.9. The van der Waals surface area contributed by atoms with Crippen molar-refractivity contribution in [1.82, 2.24) is 14.8 Å². The van der Waals surface area contributed by atoms with Gasteiger partial charge in [0.1, 0.15) is 0 Å². The summed E-state index contributed by atoms with van der Waals surface area (Å²) in [5, 5.41) is 6.19. The van der Waals surface area contributed by atoms with Crippen LogP contribution in [0.15, 0.2) is 42.5 Å². The number of benzene rings is 2. The quantitative estimate of drug-likeness (QED) is 0.791. The standard InChI is InChI=1S/C19H23N3.ClH/c1-2-22-18-6-4-3-5-16(18)17-13-15(7-8-19(17)22)14-21-11-9-20-10-12-21;/h3-8,13,20H,2,9-12,14H2,1H3;1H. The molecule has 2 heterocycles. The monoisotopic (exact) mass is 329 g/mol. The van der Waals surface area contributed by atoms with Gasteiger partial charge >= 0.3 is 0 Å². The van der Waals surface area contributed by atoms with Crippen LogP contribution < -0.4 is 5.32 Å². The van der Waals surface area contributed by atoms with E-state index in [4.69, 9.17) is 0 Å². The molecule has 1 aliphatic heterocycles. The zero-order valence-electron chi connectivity index (χ0n) is 13.6. The van der Waals surface area contributed by atoms with Gasteiger partial charge in [0.15, 0.2) is 0 Å². The van der Waals surface area contributed by atoms with Gasteiger partial charge in [0.25, 0.3) is 0 Å². The van der Waals surface area contributed by atoms with Crippen LogP contribution in [0.2, 0.25) is 0 Å². The van der Waals surface area contributed by atoms with Gasteiger partial charge in [-0.25, -0.2) is 0 Å². The van der Waals surface area contributed by atoms with Crippen LogP contribution in [-0.2, 0) is 13.1 Å². The van der Waals surface area contributed by atoms with Gasteiger partial charge in [-0.3, -0.25) is 4.90 Å². The van der Waals surface area contributed by atoms with E-state index in [-0.39, 0.29) is 12.4 Å². The molecule has 23 heavy (non-hydrogen) atoms. The van der Waals surface area contributed by atoms with Crippen molar-refractivity contribution in [3.05, 3.63) is 48.0 Å². The lowest BCUT2D eigenvalue weighted by Gasteiger charge is -2.27. The summed E-state index contributed by atoms with van der Waals surface area (Å²) in [6.45, 7) is 8.81. The van der Waals surface area contributed by atoms with Crippen LogP contribution in [0, 0.1) is 0 Å². The molecule has 0 bridgehead atoms. The summed E-state index contributed by atoms with van der Waals surface area (Å²) in [4.78, 5) is 2.54. The average Bonchev–Trinajstić information content (AvgIpc) is 2.89. The predicted octanol–water partition coefficient (Wildman–Crippen LogP) is 3.64. The second kappa shape index (κ2) is 6.91. The topological polar surface area (TPSA) is 20.2 Å². The van der Waals surface area contributed by atoms with E-state index in [0.717, 1.165) is 39.3 Å². The number of nitrogens with one attached hydrogen (secondary N) is 1. The summed E-state index contributed by atoms with van der Waals surface area (Å²) >= 11 is 0. The van der Waals surface area contributed by atoms with E-state index in [2.05, 4.69) is 64.2 Å². The van der Waals surface area contributed by atoms with E-state index in [9.17, 15) is 0 Å². The second-order valence-corrected chi connectivity index (χ2v) is 6.14. The van der Waals surface area contributed by atoms with E-state index < -0.39 is 0 Å². The van der Waals surface area contributed by atoms with Gasteiger partial charge in [0.05, 0.1) is 0 Å². The van der Waals surface area contributed by atoms with Crippen molar-refractivity contribution in [2.45, 2.75) is 20.0 Å². The highest BCUT2D eigenvalue weighted by molar-refractivity contribution is 6.08. The number of para-hydroxylation sites is 1. The van der Waals surface area contributed by atoms with E-state index >= 15 is 0 Å². The number of piperazine rings is 1. The fourth-order valence-electron chi connectivity index (χ4n) is 3.67. The smallest absolute Gasteiger partial charge is 0.0491 e. The minimum atomic E-state index is 0. The first kappa shape index (κ1) is 16.3. The summed E-state index contributed by atoms with van der Waals surface area (Å²) < 4.78 is 2.42. The molecule has 2 aromatic carbocycles. The molecule has 0 aliphatic carbocycles. The third-order valence-electron chi connectivity index (χ3n) is 4.77. The third kappa shape index (κ3) is 2.97. The Morgan fingerprint density at radius 3 is 2.48 bits per heavy atom. The molecule has 1 N–H and O–H groups in total. The van der Waals surface area contributed by atoms with E-state index in [1.807, 2.05) is 0 Å². The lowest BCUT2D eigenvalue weighted by molar-refractivity contribution is 0.233. The Morgan fingerprint density at radius 1 is 0.957 bits per heavy atom. The highest BCUT2D eigenvalue weighted by Crippen LogP contribution is 2.29. The predicted molar refractivity (Wildman–Crippen MR) is 101 cm³/mol. The van der Waals surface area contributed by atoms with Crippen molar-refractivity contribution < 1.29 is 0 Å². The van der Waals surface area contributed by atoms with Gasteiger partial charge in [-0.15, -0.1) is 12.4 Å². The van der Waals surface area contributed by atoms with Crippen LogP contribution in [0.1, 0.15) is 12.5 Å². The van der Waals surface area contributed by atoms with Crippen LogP contribution in [-0.4, -0.2) is 35.6 Å². The molecule has 0 amide bonds. The highest BCUT2D eigenvalue weighted by atomic mass is 35.5. The average molecular weight is 330 g/mol. The molecule has 0 spiro atoms. The van der Waals surface area contributed by atoms with Gasteiger partial charge in [-0.05, 0) is 30.7 Å². The summed E-state index contributed by atoms with van der Waals surface area (Å²) in [6, 6.07) is 15.8. The highest BCUT2D eigenvalue weighted by Gasteiger charge is 2.13. The maximum atomic E-state index is 3.42. The molecule has 1 fully saturated rings. The molecule has 1 aliphatic rings. The molecule has 0 radical (unpaired) electrons. The molecular formula is C19H24ClN3. The minimum Gasteiger partial charge on any atom is -0.341 e. The Kier molecular flexibility index (Phi) is 4.90. The molecule has 1 aromatic heterocycles. The molecule has 3 nitrogen and oxygen atoms in total. The van der Waals surface area contributed by atoms with Gasteiger partial charge in [0.2, 0.25) is 0 Å². The molecule has 4 heteroatoms. The molecule has 122 valence electrons. The largest absolute Gasteiger partial charge is 0.341 e. The van der Waals surface area contributed by atoms with Gasteiger partial charge < -0.3 is 9.88 Å². The minimum absolute atomic E-state index is 0. The summed E-state index contributed by atoms with van der Waals surface area (Å²) in [7, 11) is 0. The van der Waals surface area contributed by atoms with E-state index in [1.165, 1.54) is 27.4 Å². The zero-order chi connectivity index (χ0) is 14.9. The number of hydrogen-bond acceptors (Lipinski definition) is 2. The molecule has 4 rings (SSSR count). The van der Waals surface area contributed by atoms with Crippen LogP contribution >= 0.6 is 12.4 Å². The summed E-state index contributed by atoms with van der Waals surface area (Å²) in [6.07, 6.45) is 0. The lowest BCUT2D eigenvalue weighted by atomic mass is 10.1. The van der Waals surface area contributed by atoms with Crippen molar-refractivity contribution in [2.24, 2.45) is 0 Å². The fourth-order valence-corrected chi connectivity index (χ4v) is 3.67. The van der Waals surface area contributed by atoms with Crippen molar-refractivity contribution in [3.63, 3.8) is 0 Å². The molecule has 3 aromatic rings.